The number of anilines is 1. The van der Waals surface area contributed by atoms with Crippen molar-refractivity contribution in [2.24, 2.45) is 0 Å². The third-order valence-corrected chi connectivity index (χ3v) is 2.36. The molecule has 17 heavy (non-hydrogen) atoms. The molecular weight excluding hydrogens is 216 g/mol. The van der Waals surface area contributed by atoms with Crippen LogP contribution in [0.15, 0.2) is 11.6 Å². The van der Waals surface area contributed by atoms with Crippen molar-refractivity contribution >= 4 is 18.0 Å². The van der Waals surface area contributed by atoms with Gasteiger partial charge in [-0.25, -0.2) is 4.98 Å². The highest BCUT2D eigenvalue weighted by molar-refractivity contribution is 5.85. The molecule has 4 heteroatoms. The molecule has 1 rings (SSSR count). The van der Waals surface area contributed by atoms with Gasteiger partial charge in [0.15, 0.2) is 0 Å². The Morgan fingerprint density at radius 2 is 2.12 bits per heavy atom. The van der Waals surface area contributed by atoms with Gasteiger partial charge in [0.2, 0.25) is 5.88 Å². The summed E-state index contributed by atoms with van der Waals surface area (Å²) in [5.74, 6) is 0.537. The first-order valence-electron chi connectivity index (χ1n) is 5.36. The maximum atomic E-state index is 10.7. The molecule has 0 bridgehead atoms. The molecular formula is C13H18N2O2. The summed E-state index contributed by atoms with van der Waals surface area (Å²) in [7, 11) is 5.47. The zero-order chi connectivity index (χ0) is 13.0. The third-order valence-electron chi connectivity index (χ3n) is 2.36. The molecule has 4 nitrogen and oxygen atoms in total. The summed E-state index contributed by atoms with van der Waals surface area (Å²) in [4.78, 5) is 17.0. The summed E-state index contributed by atoms with van der Waals surface area (Å²) in [6.45, 7) is 3.67. The lowest BCUT2D eigenvalue weighted by Gasteiger charge is -2.18. The number of carbonyl (C=O) groups excluding carboxylic acids is 1. The van der Waals surface area contributed by atoms with E-state index in [-0.39, 0.29) is 0 Å². The highest BCUT2D eigenvalue weighted by Gasteiger charge is 2.11. The number of rotatable bonds is 4. The number of methoxy groups -OCH3 is 1. The van der Waals surface area contributed by atoms with Gasteiger partial charge in [0, 0.05) is 19.8 Å². The second-order valence-electron chi connectivity index (χ2n) is 4.11. The maximum absolute atomic E-state index is 10.7. The molecule has 0 aliphatic heterocycles. The van der Waals surface area contributed by atoms with E-state index in [9.17, 15) is 4.79 Å². The van der Waals surface area contributed by atoms with Gasteiger partial charge in [0.1, 0.15) is 6.29 Å². The predicted octanol–water partition coefficient (Wildman–Crippen LogP) is 2.07. The second kappa shape index (κ2) is 5.48. The smallest absolute Gasteiger partial charge is 0.222 e. The molecule has 0 N–H and O–H groups in total. The van der Waals surface area contributed by atoms with Crippen molar-refractivity contribution in [3.8, 4) is 5.88 Å². The average Bonchev–Trinajstić information content (AvgIpc) is 2.30. The molecule has 0 saturated carbocycles. The fraction of sp³-hybridized carbons (Fsp3) is 0.385. The number of aldehydes is 1. The average molecular weight is 234 g/mol. The van der Waals surface area contributed by atoms with Crippen molar-refractivity contribution in [2.45, 2.75) is 13.8 Å². The Morgan fingerprint density at radius 3 is 2.59 bits per heavy atom. The lowest BCUT2D eigenvalue weighted by Crippen LogP contribution is -2.12. The highest BCUT2D eigenvalue weighted by Crippen LogP contribution is 2.29. The van der Waals surface area contributed by atoms with Gasteiger partial charge in [-0.3, -0.25) is 4.79 Å². The second-order valence-corrected chi connectivity index (χ2v) is 4.11. The molecule has 1 aromatic rings. The Balaban J connectivity index is 3.47. The van der Waals surface area contributed by atoms with Gasteiger partial charge >= 0.3 is 0 Å². The van der Waals surface area contributed by atoms with Crippen LogP contribution >= 0.6 is 0 Å². The van der Waals surface area contributed by atoms with Gasteiger partial charge in [-0.1, -0.05) is 0 Å². The molecule has 0 aromatic carbocycles. The first-order chi connectivity index (χ1) is 7.99. The number of hydrogen-bond acceptors (Lipinski definition) is 4. The topological polar surface area (TPSA) is 42.4 Å². The Hall–Kier alpha value is -1.84. The molecule has 1 heterocycles. The van der Waals surface area contributed by atoms with Gasteiger partial charge < -0.3 is 9.64 Å². The van der Waals surface area contributed by atoms with E-state index in [0.717, 1.165) is 23.2 Å². The van der Waals surface area contributed by atoms with Crippen LogP contribution in [0.1, 0.15) is 18.2 Å². The summed E-state index contributed by atoms with van der Waals surface area (Å²) in [6.07, 6.45) is 2.60. The minimum Gasteiger partial charge on any atom is -0.480 e. The van der Waals surface area contributed by atoms with Crippen LogP contribution in [0, 0.1) is 6.92 Å². The van der Waals surface area contributed by atoms with Gasteiger partial charge in [0.05, 0.1) is 18.4 Å². The van der Waals surface area contributed by atoms with Crippen LogP contribution in [-0.2, 0) is 4.79 Å². The number of ether oxygens (including phenoxy) is 1. The first kappa shape index (κ1) is 13.2. The Kier molecular flexibility index (Phi) is 4.26. The molecule has 92 valence electrons. The molecule has 0 aliphatic rings. The summed E-state index contributed by atoms with van der Waals surface area (Å²) < 4.78 is 5.26. The van der Waals surface area contributed by atoms with Crippen molar-refractivity contribution in [1.29, 1.82) is 0 Å². The van der Waals surface area contributed by atoms with Crippen molar-refractivity contribution in [2.75, 3.05) is 26.1 Å². The highest BCUT2D eigenvalue weighted by atomic mass is 16.5. The molecule has 0 spiro atoms. The van der Waals surface area contributed by atoms with E-state index >= 15 is 0 Å². The van der Waals surface area contributed by atoms with Gasteiger partial charge in [-0.05, 0) is 31.6 Å². The Morgan fingerprint density at radius 1 is 1.47 bits per heavy atom. The normalized spacial score (nSPS) is 11.2. The van der Waals surface area contributed by atoms with Crippen LogP contribution in [-0.4, -0.2) is 32.5 Å². The van der Waals surface area contributed by atoms with Crippen LogP contribution < -0.4 is 9.64 Å². The number of carbonyl (C=O) groups is 1. The van der Waals surface area contributed by atoms with Crippen molar-refractivity contribution in [3.63, 3.8) is 0 Å². The molecule has 0 saturated heterocycles. The molecule has 0 fully saturated rings. The molecule has 0 atom stereocenters. The largest absolute Gasteiger partial charge is 0.480 e. The summed E-state index contributed by atoms with van der Waals surface area (Å²) in [5.41, 5.74) is 3.33. The van der Waals surface area contributed by atoms with E-state index in [2.05, 4.69) is 4.98 Å². The molecule has 1 aromatic heterocycles. The molecule has 0 aliphatic carbocycles. The number of pyridine rings is 1. The van der Waals surface area contributed by atoms with Crippen molar-refractivity contribution in [3.05, 3.63) is 22.9 Å². The van der Waals surface area contributed by atoms with E-state index < -0.39 is 0 Å². The minimum atomic E-state index is 0.537. The summed E-state index contributed by atoms with van der Waals surface area (Å²) >= 11 is 0. The zero-order valence-corrected chi connectivity index (χ0v) is 10.9. The predicted molar refractivity (Wildman–Crippen MR) is 69.6 cm³/mol. The number of aryl methyl sites for hydroxylation is 1. The summed E-state index contributed by atoms with van der Waals surface area (Å²) in [6, 6.07) is 1.96. The number of aromatic nitrogens is 1. The fourth-order valence-electron chi connectivity index (χ4n) is 1.56. The molecule has 0 amide bonds. The molecule has 0 unspecified atom stereocenters. The van der Waals surface area contributed by atoms with E-state index in [0.29, 0.717) is 11.5 Å². The third kappa shape index (κ3) is 3.06. The van der Waals surface area contributed by atoms with Crippen molar-refractivity contribution in [1.82, 2.24) is 4.98 Å². The SMILES string of the molecule is COc1nc(C)cc(N(C)C)c1/C=C(/C)C=O. The summed E-state index contributed by atoms with van der Waals surface area (Å²) in [5, 5.41) is 0. The quantitative estimate of drug-likeness (QED) is 0.591. The first-order valence-corrected chi connectivity index (χ1v) is 5.36. The van der Waals surface area contributed by atoms with Crippen LogP contribution in [0.5, 0.6) is 5.88 Å². The van der Waals surface area contributed by atoms with Gasteiger partial charge in [-0.2, -0.15) is 0 Å². The minimum absolute atomic E-state index is 0.537. The maximum Gasteiger partial charge on any atom is 0.222 e. The van der Waals surface area contributed by atoms with E-state index in [4.69, 9.17) is 4.74 Å². The Bertz CT molecular complexity index is 451. The fourth-order valence-corrected chi connectivity index (χ4v) is 1.56. The monoisotopic (exact) mass is 234 g/mol. The standard InChI is InChI=1S/C13H18N2O2/c1-9(8-16)6-11-12(15(3)4)7-10(2)14-13(11)17-5/h6-8H,1-5H3/b9-6-. The number of nitrogens with zero attached hydrogens (tertiary/aromatic N) is 2. The number of hydrogen-bond donors (Lipinski definition) is 0. The van der Waals surface area contributed by atoms with E-state index in [1.165, 1.54) is 0 Å². The molecule has 0 radical (unpaired) electrons. The lowest BCUT2D eigenvalue weighted by atomic mass is 10.1. The van der Waals surface area contributed by atoms with E-state index in [1.54, 1.807) is 20.1 Å². The van der Waals surface area contributed by atoms with Crippen LogP contribution in [0.25, 0.3) is 6.08 Å². The van der Waals surface area contributed by atoms with Gasteiger partial charge in [-0.15, -0.1) is 0 Å². The van der Waals surface area contributed by atoms with Gasteiger partial charge in [0.25, 0.3) is 0 Å². The van der Waals surface area contributed by atoms with Crippen LogP contribution in [0.3, 0.4) is 0 Å². The number of allylic oxidation sites excluding steroid dienone is 1. The van der Waals surface area contributed by atoms with Crippen molar-refractivity contribution < 1.29 is 9.53 Å². The zero-order valence-electron chi connectivity index (χ0n) is 10.9. The van der Waals surface area contributed by atoms with Crippen LogP contribution in [0.2, 0.25) is 0 Å². The Labute approximate surface area is 102 Å². The lowest BCUT2D eigenvalue weighted by molar-refractivity contribution is -0.104. The van der Waals surface area contributed by atoms with E-state index in [1.807, 2.05) is 32.0 Å². The van der Waals surface area contributed by atoms with Crippen LogP contribution in [0.4, 0.5) is 5.69 Å².